The van der Waals surface area contributed by atoms with Crippen LogP contribution in [0.1, 0.15) is 66.0 Å². The Kier molecular flexibility index (Phi) is 7.35. The van der Waals surface area contributed by atoms with Crippen LogP contribution < -0.4 is 10.6 Å². The van der Waals surface area contributed by atoms with E-state index in [9.17, 15) is 14.4 Å². The third-order valence-corrected chi connectivity index (χ3v) is 4.75. The second-order valence-corrected chi connectivity index (χ2v) is 7.26. The van der Waals surface area contributed by atoms with Crippen molar-refractivity contribution in [3.63, 3.8) is 0 Å². The van der Waals surface area contributed by atoms with Crippen molar-refractivity contribution in [1.82, 2.24) is 20.1 Å². The van der Waals surface area contributed by atoms with Crippen LogP contribution in [0.3, 0.4) is 0 Å². The molecule has 2 N–H and O–H groups in total. The molecule has 1 saturated heterocycles. The zero-order valence-electron chi connectivity index (χ0n) is 17.9. The second kappa shape index (κ2) is 10.2. The maximum absolute atomic E-state index is 12.9. The second-order valence-electron chi connectivity index (χ2n) is 7.26. The van der Waals surface area contributed by atoms with E-state index in [-0.39, 0.29) is 29.9 Å². The van der Waals surface area contributed by atoms with Crippen molar-refractivity contribution < 1.29 is 23.9 Å². The minimum atomic E-state index is -0.870. The first-order valence-corrected chi connectivity index (χ1v) is 10.3. The van der Waals surface area contributed by atoms with Crippen molar-refractivity contribution in [2.75, 3.05) is 18.5 Å². The van der Waals surface area contributed by atoms with Crippen LogP contribution in [0.4, 0.5) is 5.69 Å². The van der Waals surface area contributed by atoms with Crippen LogP contribution in [0, 0.1) is 6.92 Å². The quantitative estimate of drug-likeness (QED) is 0.647. The molecule has 2 aromatic heterocycles. The van der Waals surface area contributed by atoms with Gasteiger partial charge in [-0.3, -0.25) is 9.59 Å². The lowest BCUT2D eigenvalue weighted by molar-refractivity contribution is -0.144. The summed E-state index contributed by atoms with van der Waals surface area (Å²) in [4.78, 5) is 41.6. The highest BCUT2D eigenvalue weighted by Crippen LogP contribution is 2.25. The molecule has 0 aliphatic carbocycles. The molecule has 1 aliphatic heterocycles. The van der Waals surface area contributed by atoms with E-state index in [1.54, 1.807) is 38.2 Å². The molecule has 2 atom stereocenters. The van der Waals surface area contributed by atoms with Gasteiger partial charge in [-0.2, -0.15) is 5.10 Å². The number of carbonyl (C=O) groups is 3. The van der Waals surface area contributed by atoms with Gasteiger partial charge in [-0.1, -0.05) is 6.07 Å². The first-order valence-electron chi connectivity index (χ1n) is 10.3. The molecule has 1 fully saturated rings. The maximum atomic E-state index is 12.9. The van der Waals surface area contributed by atoms with Gasteiger partial charge in [0.15, 0.2) is 5.69 Å². The van der Waals surface area contributed by atoms with Crippen LogP contribution in [-0.2, 0) is 14.3 Å². The van der Waals surface area contributed by atoms with Crippen molar-refractivity contribution in [3.8, 4) is 0 Å². The number of nitrogens with zero attached hydrogens (tertiary/aromatic N) is 3. The van der Waals surface area contributed by atoms with Crippen LogP contribution >= 0.6 is 0 Å². The molecular weight excluding hydrogens is 402 g/mol. The summed E-state index contributed by atoms with van der Waals surface area (Å²) in [7, 11) is 0. The fourth-order valence-corrected chi connectivity index (χ4v) is 3.18. The average molecular weight is 429 g/mol. The highest BCUT2D eigenvalue weighted by atomic mass is 16.5. The van der Waals surface area contributed by atoms with Crippen molar-refractivity contribution in [3.05, 3.63) is 41.5 Å². The van der Waals surface area contributed by atoms with Gasteiger partial charge in [0.1, 0.15) is 18.0 Å². The number of anilines is 1. The number of pyridine rings is 1. The number of aromatic nitrogens is 3. The lowest BCUT2D eigenvalue weighted by Gasteiger charge is -2.22. The summed E-state index contributed by atoms with van der Waals surface area (Å²) >= 11 is 0. The van der Waals surface area contributed by atoms with Crippen molar-refractivity contribution >= 4 is 23.5 Å². The molecule has 31 heavy (non-hydrogen) atoms. The Bertz CT molecular complexity index is 951. The summed E-state index contributed by atoms with van der Waals surface area (Å²) in [5.41, 5.74) is 1.09. The fraction of sp³-hybridized carbons (Fsp3) is 0.476. The van der Waals surface area contributed by atoms with Gasteiger partial charge in [0.25, 0.3) is 11.8 Å². The molecule has 3 heterocycles. The van der Waals surface area contributed by atoms with E-state index < -0.39 is 23.8 Å². The number of ether oxygens (including phenoxy) is 2. The van der Waals surface area contributed by atoms with E-state index in [2.05, 4.69) is 20.7 Å². The van der Waals surface area contributed by atoms with Gasteiger partial charge in [-0.15, -0.1) is 0 Å². The summed E-state index contributed by atoms with van der Waals surface area (Å²) < 4.78 is 12.2. The molecule has 0 bridgehead atoms. The van der Waals surface area contributed by atoms with E-state index >= 15 is 0 Å². The van der Waals surface area contributed by atoms with Crippen molar-refractivity contribution in [1.29, 1.82) is 0 Å². The molecule has 0 saturated carbocycles. The topological polar surface area (TPSA) is 124 Å². The summed E-state index contributed by atoms with van der Waals surface area (Å²) in [5.74, 6) is -1.64. The number of amides is 2. The van der Waals surface area contributed by atoms with Gasteiger partial charge in [0.2, 0.25) is 0 Å². The molecule has 1 unspecified atom stereocenters. The van der Waals surface area contributed by atoms with Crippen LogP contribution in [0.15, 0.2) is 24.4 Å². The minimum Gasteiger partial charge on any atom is -0.464 e. The summed E-state index contributed by atoms with van der Waals surface area (Å²) in [6, 6.07) is 4.22. The SMILES string of the molecule is CCOC(=O)[C@H](C)NC(=O)c1nn(C2CCCCO2)cc1NC(=O)c1cccc(C)n1. The monoisotopic (exact) mass is 429 g/mol. The zero-order chi connectivity index (χ0) is 22.4. The normalized spacial score (nSPS) is 16.9. The first-order chi connectivity index (χ1) is 14.9. The number of esters is 1. The predicted octanol–water partition coefficient (Wildman–Crippen LogP) is 2.22. The van der Waals surface area contributed by atoms with Gasteiger partial charge in [0, 0.05) is 12.3 Å². The Hall–Kier alpha value is -3.27. The highest BCUT2D eigenvalue weighted by molar-refractivity contribution is 6.07. The van der Waals surface area contributed by atoms with E-state index in [4.69, 9.17) is 9.47 Å². The largest absolute Gasteiger partial charge is 0.464 e. The van der Waals surface area contributed by atoms with Gasteiger partial charge in [0.05, 0.1) is 18.5 Å². The third kappa shape index (κ3) is 5.66. The molecule has 1 aliphatic rings. The molecule has 10 nitrogen and oxygen atoms in total. The molecular formula is C21H27N5O5. The summed E-state index contributed by atoms with van der Waals surface area (Å²) in [5, 5.41) is 9.62. The van der Waals surface area contributed by atoms with E-state index in [1.165, 1.54) is 11.6 Å². The predicted molar refractivity (Wildman–Crippen MR) is 112 cm³/mol. The van der Waals surface area contributed by atoms with Crippen LogP contribution in [0.5, 0.6) is 0 Å². The fourth-order valence-electron chi connectivity index (χ4n) is 3.18. The molecule has 2 amide bonds. The van der Waals surface area contributed by atoms with Crippen LogP contribution in [-0.4, -0.2) is 51.8 Å². The average Bonchev–Trinajstić information content (AvgIpc) is 3.18. The van der Waals surface area contributed by atoms with Gasteiger partial charge in [-0.25, -0.2) is 14.5 Å². The van der Waals surface area contributed by atoms with Gasteiger partial charge < -0.3 is 20.1 Å². The Labute approximate surface area is 180 Å². The molecule has 0 aromatic carbocycles. The Morgan fingerprint density at radius 3 is 2.77 bits per heavy atom. The molecule has 2 aromatic rings. The molecule has 166 valence electrons. The molecule has 3 rings (SSSR count). The third-order valence-electron chi connectivity index (χ3n) is 4.75. The zero-order valence-corrected chi connectivity index (χ0v) is 17.9. The Morgan fingerprint density at radius 1 is 1.29 bits per heavy atom. The highest BCUT2D eigenvalue weighted by Gasteiger charge is 2.26. The number of aryl methyl sites for hydroxylation is 1. The standard InChI is InChI=1S/C21H27N5O5/c1-4-30-21(29)14(3)23-20(28)18-16(12-26(25-18)17-10-5-6-11-31-17)24-19(27)15-9-7-8-13(2)22-15/h7-9,12,14,17H,4-6,10-11H2,1-3H3,(H,23,28)(H,24,27)/t14-,17?/m0/s1. The van der Waals surface area contributed by atoms with Crippen LogP contribution in [0.25, 0.3) is 0 Å². The minimum absolute atomic E-state index is 0.0219. The van der Waals surface area contributed by atoms with Gasteiger partial charge in [-0.05, 0) is 52.2 Å². The smallest absolute Gasteiger partial charge is 0.328 e. The molecule has 10 heteroatoms. The number of hydrogen-bond donors (Lipinski definition) is 2. The molecule has 0 radical (unpaired) electrons. The van der Waals surface area contributed by atoms with Crippen molar-refractivity contribution in [2.24, 2.45) is 0 Å². The number of hydrogen-bond acceptors (Lipinski definition) is 7. The maximum Gasteiger partial charge on any atom is 0.328 e. The lowest BCUT2D eigenvalue weighted by atomic mass is 10.2. The first kappa shape index (κ1) is 22.4. The van der Waals surface area contributed by atoms with Crippen LogP contribution in [0.2, 0.25) is 0 Å². The van der Waals surface area contributed by atoms with Gasteiger partial charge >= 0.3 is 5.97 Å². The number of carbonyl (C=O) groups excluding carboxylic acids is 3. The number of rotatable bonds is 7. The number of nitrogens with one attached hydrogen (secondary N) is 2. The Balaban J connectivity index is 1.85. The van der Waals surface area contributed by atoms with E-state index in [1.807, 2.05) is 0 Å². The Morgan fingerprint density at radius 2 is 2.10 bits per heavy atom. The lowest BCUT2D eigenvalue weighted by Crippen LogP contribution is -2.40. The van der Waals surface area contributed by atoms with Crippen molar-refractivity contribution in [2.45, 2.75) is 52.3 Å². The summed E-state index contributed by atoms with van der Waals surface area (Å²) in [6.07, 6.45) is 3.92. The summed E-state index contributed by atoms with van der Waals surface area (Å²) in [6.45, 7) is 5.79. The van der Waals surface area contributed by atoms with E-state index in [0.717, 1.165) is 19.3 Å². The van der Waals surface area contributed by atoms with E-state index in [0.29, 0.717) is 12.3 Å². The molecule has 0 spiro atoms.